The van der Waals surface area contributed by atoms with Crippen LogP contribution in [-0.2, 0) is 6.42 Å². The van der Waals surface area contributed by atoms with Crippen LogP contribution >= 0.6 is 35.7 Å². The lowest BCUT2D eigenvalue weighted by molar-refractivity contribution is 0.398. The van der Waals surface area contributed by atoms with Crippen LogP contribution in [0.2, 0.25) is 0 Å². The molecule has 2 aromatic rings. The summed E-state index contributed by atoms with van der Waals surface area (Å²) in [6.45, 7) is 1.84. The summed E-state index contributed by atoms with van der Waals surface area (Å²) in [4.78, 5) is 7.74. The number of aryl methyl sites for hydroxylation is 1. The molecule has 0 aliphatic rings. The highest BCUT2D eigenvalue weighted by Crippen LogP contribution is 2.31. The topological polar surface area (TPSA) is 70.7 Å². The first-order valence-electron chi connectivity index (χ1n) is 9.39. The number of methoxy groups -OCH3 is 2. The Labute approximate surface area is 189 Å². The van der Waals surface area contributed by atoms with E-state index in [1.165, 1.54) is 24.3 Å². The number of thioether (sulfide) groups is 1. The van der Waals surface area contributed by atoms with Gasteiger partial charge < -0.3 is 25.1 Å². The van der Waals surface area contributed by atoms with Crippen LogP contribution in [0.25, 0.3) is 10.9 Å². The van der Waals surface area contributed by atoms with Crippen LogP contribution in [0, 0.1) is 0 Å². The summed E-state index contributed by atoms with van der Waals surface area (Å²) >= 11 is 1.90. The monoisotopic (exact) mass is 520 g/mol. The molecule has 0 bridgehead atoms. The van der Waals surface area contributed by atoms with Crippen LogP contribution < -0.4 is 20.1 Å². The minimum atomic E-state index is 0. The Bertz CT molecular complexity index is 736. The third kappa shape index (κ3) is 7.62. The van der Waals surface area contributed by atoms with Crippen molar-refractivity contribution in [2.24, 2.45) is 4.99 Å². The van der Waals surface area contributed by atoms with Crippen molar-refractivity contribution < 1.29 is 9.47 Å². The van der Waals surface area contributed by atoms with Crippen molar-refractivity contribution in [1.29, 1.82) is 0 Å². The van der Waals surface area contributed by atoms with Gasteiger partial charge in [-0.15, -0.1) is 24.0 Å². The molecule has 8 heteroatoms. The second-order valence-corrected chi connectivity index (χ2v) is 7.30. The highest BCUT2D eigenvalue weighted by Gasteiger charge is 2.09. The molecule has 3 N–H and O–H groups in total. The zero-order valence-electron chi connectivity index (χ0n) is 17.3. The molecule has 0 unspecified atom stereocenters. The van der Waals surface area contributed by atoms with Crippen LogP contribution in [0.1, 0.15) is 25.0 Å². The molecule has 0 aliphatic carbocycles. The fourth-order valence-electron chi connectivity index (χ4n) is 2.94. The molecule has 0 fully saturated rings. The largest absolute Gasteiger partial charge is 0.497 e. The van der Waals surface area contributed by atoms with E-state index in [-0.39, 0.29) is 24.0 Å². The molecular formula is C20H33IN4O2S. The Kier molecular flexibility index (Phi) is 12.2. The van der Waals surface area contributed by atoms with Gasteiger partial charge >= 0.3 is 0 Å². The molecule has 158 valence electrons. The van der Waals surface area contributed by atoms with Gasteiger partial charge in [0, 0.05) is 43.4 Å². The number of H-pyrrole nitrogens is 1. The molecule has 0 aliphatic heterocycles. The number of guanidine groups is 1. The number of fused-ring (bicyclic) bond motifs is 1. The zero-order valence-corrected chi connectivity index (χ0v) is 20.4. The lowest BCUT2D eigenvalue weighted by Gasteiger charge is -2.11. The fraction of sp³-hybridized carbons (Fsp3) is 0.550. The standard InChI is InChI=1S/C20H32N4O2S.HI/c1-21-20(22-9-5-6-11-27-4)23-10-7-8-15-12-17-18(24-15)13-16(25-2)14-19(17)26-3;/h12-14,24H,5-11H2,1-4H3,(H2,21,22,23);1H. The number of halogens is 1. The minimum Gasteiger partial charge on any atom is -0.497 e. The average molecular weight is 520 g/mol. The fourth-order valence-corrected chi connectivity index (χ4v) is 3.44. The molecule has 1 heterocycles. The molecule has 0 saturated heterocycles. The Morgan fingerprint density at radius 2 is 1.82 bits per heavy atom. The average Bonchev–Trinajstić information content (AvgIpc) is 3.11. The SMILES string of the molecule is CN=C(NCCCCSC)NCCCc1cc2c(OC)cc(OC)cc2[nH]1.I. The van der Waals surface area contributed by atoms with E-state index in [0.717, 1.165) is 54.3 Å². The van der Waals surface area contributed by atoms with Gasteiger partial charge in [-0.3, -0.25) is 4.99 Å². The summed E-state index contributed by atoms with van der Waals surface area (Å²) in [7, 11) is 5.17. The van der Waals surface area contributed by atoms with Gasteiger partial charge in [-0.05, 0) is 43.8 Å². The molecule has 1 aromatic heterocycles. The van der Waals surface area contributed by atoms with Crippen LogP contribution in [0.5, 0.6) is 11.5 Å². The summed E-state index contributed by atoms with van der Waals surface area (Å²) in [6, 6.07) is 6.07. The maximum Gasteiger partial charge on any atom is 0.190 e. The van der Waals surface area contributed by atoms with Crippen molar-refractivity contribution in [2.45, 2.75) is 25.7 Å². The second-order valence-electron chi connectivity index (χ2n) is 6.31. The maximum atomic E-state index is 5.48. The smallest absolute Gasteiger partial charge is 0.190 e. The Hall–Kier alpha value is -1.29. The first kappa shape index (κ1) is 24.7. The molecule has 0 radical (unpaired) electrons. The highest BCUT2D eigenvalue weighted by atomic mass is 127. The lowest BCUT2D eigenvalue weighted by atomic mass is 10.2. The lowest BCUT2D eigenvalue weighted by Crippen LogP contribution is -2.38. The Morgan fingerprint density at radius 1 is 1.07 bits per heavy atom. The maximum absolute atomic E-state index is 5.48. The number of rotatable bonds is 11. The summed E-state index contributed by atoms with van der Waals surface area (Å²) in [5.74, 6) is 3.72. The molecular weight excluding hydrogens is 487 g/mol. The van der Waals surface area contributed by atoms with Gasteiger partial charge in [-0.25, -0.2) is 0 Å². The summed E-state index contributed by atoms with van der Waals surface area (Å²) < 4.78 is 10.8. The van der Waals surface area contributed by atoms with Crippen molar-refractivity contribution in [1.82, 2.24) is 15.6 Å². The Balaban J connectivity index is 0.00000392. The van der Waals surface area contributed by atoms with Crippen LogP contribution in [0.4, 0.5) is 0 Å². The first-order valence-corrected chi connectivity index (χ1v) is 10.8. The van der Waals surface area contributed by atoms with Gasteiger partial charge in [0.15, 0.2) is 5.96 Å². The van der Waals surface area contributed by atoms with Crippen LogP contribution in [0.3, 0.4) is 0 Å². The van der Waals surface area contributed by atoms with Gasteiger partial charge in [-0.2, -0.15) is 11.8 Å². The quantitative estimate of drug-likeness (QED) is 0.181. The number of ether oxygens (including phenoxy) is 2. The third-order valence-electron chi connectivity index (χ3n) is 4.39. The van der Waals surface area contributed by atoms with Gasteiger partial charge in [0.2, 0.25) is 0 Å². The molecule has 0 saturated carbocycles. The van der Waals surface area contributed by atoms with E-state index >= 15 is 0 Å². The van der Waals surface area contributed by atoms with Crippen LogP contribution in [0.15, 0.2) is 23.2 Å². The minimum absolute atomic E-state index is 0. The number of hydrogen-bond donors (Lipinski definition) is 3. The molecule has 28 heavy (non-hydrogen) atoms. The number of aliphatic imine (C=N–C) groups is 1. The summed E-state index contributed by atoms with van der Waals surface area (Å²) in [5, 5.41) is 7.83. The number of benzene rings is 1. The summed E-state index contributed by atoms with van der Waals surface area (Å²) in [6.07, 6.45) is 6.52. The van der Waals surface area contributed by atoms with Crippen molar-refractivity contribution in [3.05, 3.63) is 23.9 Å². The van der Waals surface area contributed by atoms with E-state index < -0.39 is 0 Å². The molecule has 6 nitrogen and oxygen atoms in total. The molecule has 0 atom stereocenters. The van der Waals surface area contributed by atoms with Crippen molar-refractivity contribution in [2.75, 3.05) is 46.4 Å². The van der Waals surface area contributed by atoms with Gasteiger partial charge in [0.05, 0.1) is 19.7 Å². The number of nitrogens with one attached hydrogen (secondary N) is 3. The van der Waals surface area contributed by atoms with E-state index in [2.05, 4.69) is 32.9 Å². The zero-order chi connectivity index (χ0) is 19.5. The van der Waals surface area contributed by atoms with E-state index in [4.69, 9.17) is 9.47 Å². The van der Waals surface area contributed by atoms with Crippen LogP contribution in [-0.4, -0.2) is 57.3 Å². The number of hydrogen-bond acceptors (Lipinski definition) is 4. The molecule has 0 spiro atoms. The van der Waals surface area contributed by atoms with E-state index in [1.807, 2.05) is 30.9 Å². The van der Waals surface area contributed by atoms with Crippen molar-refractivity contribution in [3.8, 4) is 11.5 Å². The molecule has 2 rings (SSSR count). The summed E-state index contributed by atoms with van der Waals surface area (Å²) in [5.41, 5.74) is 2.23. The predicted molar refractivity (Wildman–Crippen MR) is 132 cm³/mol. The van der Waals surface area contributed by atoms with E-state index in [0.29, 0.717) is 0 Å². The number of unbranched alkanes of at least 4 members (excludes halogenated alkanes) is 1. The van der Waals surface area contributed by atoms with Gasteiger partial charge in [-0.1, -0.05) is 0 Å². The van der Waals surface area contributed by atoms with Gasteiger partial charge in [0.1, 0.15) is 11.5 Å². The Morgan fingerprint density at radius 3 is 2.46 bits per heavy atom. The molecule has 0 amide bonds. The normalized spacial score (nSPS) is 11.2. The third-order valence-corrected chi connectivity index (χ3v) is 5.09. The first-order chi connectivity index (χ1) is 13.2. The number of aromatic nitrogens is 1. The van der Waals surface area contributed by atoms with E-state index in [1.54, 1.807) is 14.2 Å². The van der Waals surface area contributed by atoms with Crippen molar-refractivity contribution >= 4 is 52.6 Å². The predicted octanol–water partition coefficient (Wildman–Crippen LogP) is 4.04. The van der Waals surface area contributed by atoms with Gasteiger partial charge in [0.25, 0.3) is 0 Å². The molecule has 1 aromatic carbocycles. The van der Waals surface area contributed by atoms with Crippen molar-refractivity contribution in [3.63, 3.8) is 0 Å². The second kappa shape index (κ2) is 13.8. The number of nitrogens with zero attached hydrogens (tertiary/aromatic N) is 1. The van der Waals surface area contributed by atoms with E-state index in [9.17, 15) is 0 Å². The number of aromatic amines is 1. The highest BCUT2D eigenvalue weighted by molar-refractivity contribution is 14.0.